The molecule has 5 heteroatoms. The number of carbonyl (C=O) groups excluding carboxylic acids is 1. The summed E-state index contributed by atoms with van der Waals surface area (Å²) in [6.07, 6.45) is 1.86. The third kappa shape index (κ3) is 3.10. The zero-order valence-corrected chi connectivity index (χ0v) is 10.9. The van der Waals surface area contributed by atoms with Gasteiger partial charge in [-0.05, 0) is 30.9 Å². The standard InChI is InChI=1S/C14H18F2N2O/c1-18(13(8-17)9-5-6-9)14(19)7-10-11(15)3-2-4-12(10)16/h2-4,9,13H,5-8,17H2,1H3. The van der Waals surface area contributed by atoms with Gasteiger partial charge in [0, 0.05) is 25.2 Å². The van der Waals surface area contributed by atoms with Crippen molar-refractivity contribution in [2.45, 2.75) is 25.3 Å². The molecular weight excluding hydrogens is 250 g/mol. The van der Waals surface area contributed by atoms with Crippen LogP contribution in [0.1, 0.15) is 18.4 Å². The van der Waals surface area contributed by atoms with Crippen LogP contribution >= 0.6 is 0 Å². The van der Waals surface area contributed by atoms with E-state index in [2.05, 4.69) is 0 Å². The molecule has 1 aromatic carbocycles. The van der Waals surface area contributed by atoms with Crippen LogP contribution in [0.2, 0.25) is 0 Å². The molecule has 1 aromatic rings. The molecular formula is C14H18F2N2O. The maximum absolute atomic E-state index is 13.5. The van der Waals surface area contributed by atoms with Gasteiger partial charge in [0.1, 0.15) is 11.6 Å². The van der Waals surface area contributed by atoms with E-state index in [-0.39, 0.29) is 23.9 Å². The van der Waals surface area contributed by atoms with Gasteiger partial charge in [0.2, 0.25) is 5.91 Å². The Morgan fingerprint density at radius 2 is 2.00 bits per heavy atom. The Balaban J connectivity index is 2.07. The summed E-state index contributed by atoms with van der Waals surface area (Å²) in [5, 5.41) is 0. The van der Waals surface area contributed by atoms with Crippen LogP contribution in [0.25, 0.3) is 0 Å². The number of hydrogen-bond acceptors (Lipinski definition) is 2. The Labute approximate surface area is 111 Å². The van der Waals surface area contributed by atoms with Crippen LogP contribution in [0.15, 0.2) is 18.2 Å². The predicted octanol–water partition coefficient (Wildman–Crippen LogP) is 1.70. The zero-order valence-electron chi connectivity index (χ0n) is 10.9. The average molecular weight is 268 g/mol. The third-order valence-electron chi connectivity index (χ3n) is 3.69. The number of nitrogens with zero attached hydrogens (tertiary/aromatic N) is 1. The molecule has 0 spiro atoms. The SMILES string of the molecule is CN(C(=O)Cc1c(F)cccc1F)C(CN)C1CC1. The molecule has 2 N–H and O–H groups in total. The lowest BCUT2D eigenvalue weighted by Crippen LogP contribution is -2.44. The van der Waals surface area contributed by atoms with Gasteiger partial charge in [-0.25, -0.2) is 8.78 Å². The molecule has 0 saturated heterocycles. The first-order chi connectivity index (χ1) is 9.04. The number of hydrogen-bond donors (Lipinski definition) is 1. The lowest BCUT2D eigenvalue weighted by atomic mass is 10.1. The predicted molar refractivity (Wildman–Crippen MR) is 68.4 cm³/mol. The van der Waals surface area contributed by atoms with E-state index in [0.29, 0.717) is 12.5 Å². The second-order valence-electron chi connectivity index (χ2n) is 5.02. The fourth-order valence-corrected chi connectivity index (χ4v) is 2.31. The van der Waals surface area contributed by atoms with Gasteiger partial charge in [0.15, 0.2) is 0 Å². The summed E-state index contributed by atoms with van der Waals surface area (Å²) >= 11 is 0. The highest BCUT2D eigenvalue weighted by Crippen LogP contribution is 2.34. The van der Waals surface area contributed by atoms with E-state index in [1.165, 1.54) is 11.0 Å². The second-order valence-corrected chi connectivity index (χ2v) is 5.02. The Morgan fingerprint density at radius 3 is 2.47 bits per heavy atom. The minimum Gasteiger partial charge on any atom is -0.341 e. The van der Waals surface area contributed by atoms with Crippen LogP contribution in [0.4, 0.5) is 8.78 Å². The largest absolute Gasteiger partial charge is 0.341 e. The fraction of sp³-hybridized carbons (Fsp3) is 0.500. The second kappa shape index (κ2) is 5.65. The van der Waals surface area contributed by atoms with E-state index >= 15 is 0 Å². The summed E-state index contributed by atoms with van der Waals surface area (Å²) in [6.45, 7) is 0.382. The highest BCUT2D eigenvalue weighted by atomic mass is 19.1. The minimum atomic E-state index is -0.683. The molecule has 1 atom stereocenters. The van der Waals surface area contributed by atoms with Gasteiger partial charge in [0.25, 0.3) is 0 Å². The number of amides is 1. The van der Waals surface area contributed by atoms with Crippen LogP contribution in [0.5, 0.6) is 0 Å². The molecule has 1 aliphatic rings. The van der Waals surface area contributed by atoms with Crippen molar-refractivity contribution in [2.24, 2.45) is 11.7 Å². The lowest BCUT2D eigenvalue weighted by molar-refractivity contribution is -0.131. The number of rotatable bonds is 5. The number of carbonyl (C=O) groups is 1. The average Bonchev–Trinajstić information content (AvgIpc) is 3.19. The molecule has 1 aliphatic carbocycles. The van der Waals surface area contributed by atoms with Crippen LogP contribution in [0.3, 0.4) is 0 Å². The number of likely N-dealkylation sites (N-methyl/N-ethyl adjacent to an activating group) is 1. The summed E-state index contributed by atoms with van der Waals surface area (Å²) in [5.41, 5.74) is 5.49. The molecule has 0 aliphatic heterocycles. The third-order valence-corrected chi connectivity index (χ3v) is 3.69. The highest BCUT2D eigenvalue weighted by Gasteiger charge is 2.34. The molecule has 0 heterocycles. The molecule has 0 aromatic heterocycles. The number of benzene rings is 1. The van der Waals surface area contributed by atoms with E-state index in [1.54, 1.807) is 7.05 Å². The molecule has 104 valence electrons. The van der Waals surface area contributed by atoms with Crippen molar-refractivity contribution >= 4 is 5.91 Å². The molecule has 0 bridgehead atoms. The van der Waals surface area contributed by atoms with Gasteiger partial charge in [-0.1, -0.05) is 6.07 Å². The first kappa shape index (κ1) is 13.9. The highest BCUT2D eigenvalue weighted by molar-refractivity contribution is 5.79. The van der Waals surface area contributed by atoms with E-state index in [9.17, 15) is 13.6 Å². The van der Waals surface area contributed by atoms with Crippen molar-refractivity contribution in [3.8, 4) is 0 Å². The van der Waals surface area contributed by atoms with E-state index in [4.69, 9.17) is 5.73 Å². The minimum absolute atomic E-state index is 0.0256. The van der Waals surface area contributed by atoms with Crippen molar-refractivity contribution in [1.29, 1.82) is 0 Å². The lowest BCUT2D eigenvalue weighted by Gasteiger charge is -2.27. The van der Waals surface area contributed by atoms with Gasteiger partial charge >= 0.3 is 0 Å². The summed E-state index contributed by atoms with van der Waals surface area (Å²) < 4.78 is 27.0. The Hall–Kier alpha value is -1.49. The van der Waals surface area contributed by atoms with Gasteiger partial charge < -0.3 is 10.6 Å². The van der Waals surface area contributed by atoms with Crippen molar-refractivity contribution in [1.82, 2.24) is 4.90 Å². The van der Waals surface area contributed by atoms with Crippen molar-refractivity contribution in [3.05, 3.63) is 35.4 Å². The number of halogens is 2. The fourth-order valence-electron chi connectivity index (χ4n) is 2.31. The van der Waals surface area contributed by atoms with Gasteiger partial charge in [-0.3, -0.25) is 4.79 Å². The van der Waals surface area contributed by atoms with E-state index < -0.39 is 11.6 Å². The molecule has 1 saturated carbocycles. The van der Waals surface area contributed by atoms with Gasteiger partial charge in [-0.2, -0.15) is 0 Å². The molecule has 0 radical (unpaired) electrons. The molecule has 1 amide bonds. The maximum Gasteiger partial charge on any atom is 0.227 e. The van der Waals surface area contributed by atoms with Crippen molar-refractivity contribution in [3.63, 3.8) is 0 Å². The Bertz CT molecular complexity index is 454. The summed E-state index contributed by atoms with van der Waals surface area (Å²) in [6, 6.07) is 3.58. The quantitative estimate of drug-likeness (QED) is 0.883. The maximum atomic E-state index is 13.5. The first-order valence-corrected chi connectivity index (χ1v) is 6.43. The van der Waals surface area contributed by atoms with E-state index in [1.807, 2.05) is 0 Å². The Kier molecular flexibility index (Phi) is 4.14. The topological polar surface area (TPSA) is 46.3 Å². The molecule has 1 fully saturated rings. The van der Waals surface area contributed by atoms with Crippen LogP contribution < -0.4 is 5.73 Å². The van der Waals surface area contributed by atoms with Gasteiger partial charge in [0.05, 0.1) is 6.42 Å². The monoisotopic (exact) mass is 268 g/mol. The van der Waals surface area contributed by atoms with E-state index in [0.717, 1.165) is 25.0 Å². The summed E-state index contributed by atoms with van der Waals surface area (Å²) in [7, 11) is 1.65. The zero-order chi connectivity index (χ0) is 14.0. The molecule has 19 heavy (non-hydrogen) atoms. The van der Waals surface area contributed by atoms with Gasteiger partial charge in [-0.15, -0.1) is 0 Å². The smallest absolute Gasteiger partial charge is 0.227 e. The summed E-state index contributed by atoms with van der Waals surface area (Å²) in [5.74, 6) is -1.23. The van der Waals surface area contributed by atoms with Crippen LogP contribution in [-0.4, -0.2) is 30.4 Å². The number of nitrogens with two attached hydrogens (primary N) is 1. The normalized spacial score (nSPS) is 16.2. The first-order valence-electron chi connectivity index (χ1n) is 6.43. The Morgan fingerprint density at radius 1 is 1.42 bits per heavy atom. The molecule has 2 rings (SSSR count). The summed E-state index contributed by atoms with van der Waals surface area (Å²) in [4.78, 5) is 13.6. The molecule has 3 nitrogen and oxygen atoms in total. The van der Waals surface area contributed by atoms with Crippen molar-refractivity contribution < 1.29 is 13.6 Å². The van der Waals surface area contributed by atoms with Crippen LogP contribution in [0, 0.1) is 17.6 Å². The van der Waals surface area contributed by atoms with Crippen molar-refractivity contribution in [2.75, 3.05) is 13.6 Å². The molecule has 1 unspecified atom stereocenters. The van der Waals surface area contributed by atoms with Crippen LogP contribution in [-0.2, 0) is 11.2 Å².